The quantitative estimate of drug-likeness (QED) is 0.794. The molecule has 0 aliphatic carbocycles. The van der Waals surface area contributed by atoms with Crippen molar-refractivity contribution in [2.75, 3.05) is 18.6 Å². The van der Waals surface area contributed by atoms with Gasteiger partial charge in [0, 0.05) is 12.8 Å². The van der Waals surface area contributed by atoms with Gasteiger partial charge >= 0.3 is 0 Å². The number of aromatic nitrogens is 2. The minimum atomic E-state index is 0.0120. The summed E-state index contributed by atoms with van der Waals surface area (Å²) in [6.07, 6.45) is 1.13. The van der Waals surface area contributed by atoms with E-state index in [2.05, 4.69) is 22.4 Å². The molecular formula is C8H13N3OS3. The molecule has 1 amide bonds. The maximum Gasteiger partial charge on any atom is 0.230 e. The normalized spacial score (nSPS) is 10.3. The number of carbonyl (C=O) groups excluding carboxylic acids is 1. The van der Waals surface area contributed by atoms with E-state index in [0.717, 1.165) is 20.9 Å². The molecule has 0 saturated heterocycles. The van der Waals surface area contributed by atoms with Crippen LogP contribution in [0.5, 0.6) is 0 Å². The van der Waals surface area contributed by atoms with Gasteiger partial charge in [-0.2, -0.15) is 0 Å². The highest BCUT2D eigenvalue weighted by Crippen LogP contribution is 2.28. The van der Waals surface area contributed by atoms with E-state index in [1.54, 1.807) is 30.1 Å². The van der Waals surface area contributed by atoms with Crippen LogP contribution in [0.2, 0.25) is 0 Å². The van der Waals surface area contributed by atoms with Crippen LogP contribution in [0.3, 0.4) is 0 Å². The SMILES string of the molecule is CCCSc1nnc(SCC(=O)NC)s1. The number of amides is 1. The van der Waals surface area contributed by atoms with Gasteiger partial charge in [0.15, 0.2) is 8.68 Å². The van der Waals surface area contributed by atoms with Crippen LogP contribution in [0.4, 0.5) is 0 Å². The summed E-state index contributed by atoms with van der Waals surface area (Å²) >= 11 is 4.69. The molecule has 0 bridgehead atoms. The number of thioether (sulfide) groups is 2. The molecular weight excluding hydrogens is 250 g/mol. The van der Waals surface area contributed by atoms with Gasteiger partial charge in [0.2, 0.25) is 5.91 Å². The zero-order valence-corrected chi connectivity index (χ0v) is 11.1. The van der Waals surface area contributed by atoms with E-state index in [-0.39, 0.29) is 5.91 Å². The summed E-state index contributed by atoms with van der Waals surface area (Å²) < 4.78 is 1.84. The number of nitrogens with zero attached hydrogens (tertiary/aromatic N) is 2. The van der Waals surface area contributed by atoms with Gasteiger partial charge in [-0.25, -0.2) is 0 Å². The summed E-state index contributed by atoms with van der Waals surface area (Å²) in [6.45, 7) is 2.13. The largest absolute Gasteiger partial charge is 0.358 e. The van der Waals surface area contributed by atoms with E-state index in [1.807, 2.05) is 0 Å². The molecule has 84 valence electrons. The van der Waals surface area contributed by atoms with Crippen LogP contribution in [0.25, 0.3) is 0 Å². The van der Waals surface area contributed by atoms with Crippen LogP contribution in [0.15, 0.2) is 8.68 Å². The second-order valence-corrected chi connectivity index (χ2v) is 6.19. The number of nitrogens with one attached hydrogen (secondary N) is 1. The van der Waals surface area contributed by atoms with E-state index < -0.39 is 0 Å². The summed E-state index contributed by atoms with van der Waals surface area (Å²) in [6, 6.07) is 0. The van der Waals surface area contributed by atoms with Crippen molar-refractivity contribution >= 4 is 40.8 Å². The van der Waals surface area contributed by atoms with E-state index in [1.165, 1.54) is 11.8 Å². The smallest absolute Gasteiger partial charge is 0.230 e. The van der Waals surface area contributed by atoms with E-state index in [9.17, 15) is 4.79 Å². The van der Waals surface area contributed by atoms with Crippen molar-refractivity contribution in [1.82, 2.24) is 15.5 Å². The fraction of sp³-hybridized carbons (Fsp3) is 0.625. The fourth-order valence-electron chi connectivity index (χ4n) is 0.703. The van der Waals surface area contributed by atoms with Crippen LogP contribution >= 0.6 is 34.9 Å². The third-order valence-electron chi connectivity index (χ3n) is 1.42. The highest BCUT2D eigenvalue weighted by Gasteiger charge is 2.06. The van der Waals surface area contributed by atoms with Crippen LogP contribution < -0.4 is 5.32 Å². The molecule has 0 aromatic carbocycles. The first-order chi connectivity index (χ1) is 7.26. The third kappa shape index (κ3) is 4.85. The summed E-state index contributed by atoms with van der Waals surface area (Å²) in [7, 11) is 1.63. The van der Waals surface area contributed by atoms with Gasteiger partial charge in [-0.05, 0) is 6.42 Å². The molecule has 4 nitrogen and oxygen atoms in total. The highest BCUT2D eigenvalue weighted by molar-refractivity contribution is 8.03. The molecule has 1 heterocycles. The minimum Gasteiger partial charge on any atom is -0.358 e. The van der Waals surface area contributed by atoms with Gasteiger partial charge in [-0.15, -0.1) is 10.2 Å². The van der Waals surface area contributed by atoms with Gasteiger partial charge in [0.1, 0.15) is 0 Å². The Balaban J connectivity index is 2.35. The number of carbonyl (C=O) groups is 1. The maximum atomic E-state index is 11.0. The Morgan fingerprint density at radius 2 is 2.07 bits per heavy atom. The summed E-state index contributed by atoms with van der Waals surface area (Å²) in [5, 5.41) is 10.6. The van der Waals surface area contributed by atoms with Crippen molar-refractivity contribution < 1.29 is 4.79 Å². The van der Waals surface area contributed by atoms with Crippen molar-refractivity contribution in [2.45, 2.75) is 22.0 Å². The van der Waals surface area contributed by atoms with Gasteiger partial charge in [0.05, 0.1) is 5.75 Å². The van der Waals surface area contributed by atoms with E-state index in [0.29, 0.717) is 5.75 Å². The monoisotopic (exact) mass is 263 g/mol. The Bertz CT molecular complexity index is 316. The molecule has 0 saturated carbocycles. The Hall–Kier alpha value is -0.270. The van der Waals surface area contributed by atoms with Crippen molar-refractivity contribution in [3.63, 3.8) is 0 Å². The molecule has 0 atom stereocenters. The molecule has 0 aliphatic rings. The van der Waals surface area contributed by atoms with Crippen LogP contribution in [0, 0.1) is 0 Å². The first-order valence-corrected chi connectivity index (χ1v) is 7.34. The second-order valence-electron chi connectivity index (χ2n) is 2.64. The minimum absolute atomic E-state index is 0.0120. The van der Waals surface area contributed by atoms with Crippen LogP contribution in [-0.2, 0) is 4.79 Å². The van der Waals surface area contributed by atoms with E-state index in [4.69, 9.17) is 0 Å². The average molecular weight is 263 g/mol. The van der Waals surface area contributed by atoms with Gasteiger partial charge in [-0.3, -0.25) is 4.79 Å². The Morgan fingerprint density at radius 1 is 1.40 bits per heavy atom. The molecule has 0 unspecified atom stereocenters. The molecule has 0 fully saturated rings. The zero-order chi connectivity index (χ0) is 11.1. The van der Waals surface area contributed by atoms with Crippen molar-refractivity contribution in [1.29, 1.82) is 0 Å². The number of hydrogen-bond acceptors (Lipinski definition) is 6. The zero-order valence-electron chi connectivity index (χ0n) is 8.65. The fourth-order valence-corrected chi connectivity index (χ4v) is 3.52. The lowest BCUT2D eigenvalue weighted by Crippen LogP contribution is -2.19. The van der Waals surface area contributed by atoms with Crippen molar-refractivity contribution in [3.8, 4) is 0 Å². The molecule has 15 heavy (non-hydrogen) atoms. The number of hydrogen-bond donors (Lipinski definition) is 1. The molecule has 1 aromatic heterocycles. The standard InChI is InChI=1S/C8H13N3OS3/c1-3-4-13-7-10-11-8(15-7)14-5-6(12)9-2/h3-5H2,1-2H3,(H,9,12). The Morgan fingerprint density at radius 3 is 2.67 bits per heavy atom. The maximum absolute atomic E-state index is 11.0. The third-order valence-corrected chi connectivity index (χ3v) is 4.82. The first-order valence-electron chi connectivity index (χ1n) is 4.56. The molecule has 0 aliphatic heterocycles. The molecule has 1 aromatic rings. The second kappa shape index (κ2) is 7.08. The topological polar surface area (TPSA) is 54.9 Å². The molecule has 7 heteroatoms. The summed E-state index contributed by atoms with van der Waals surface area (Å²) in [4.78, 5) is 11.0. The molecule has 0 radical (unpaired) electrons. The molecule has 0 spiro atoms. The summed E-state index contributed by atoms with van der Waals surface area (Å²) in [5.74, 6) is 1.48. The van der Waals surface area contributed by atoms with Crippen LogP contribution in [0.1, 0.15) is 13.3 Å². The summed E-state index contributed by atoms with van der Waals surface area (Å²) in [5.41, 5.74) is 0. The van der Waals surface area contributed by atoms with Crippen molar-refractivity contribution in [3.05, 3.63) is 0 Å². The lowest BCUT2D eigenvalue weighted by Gasteiger charge is -1.94. The van der Waals surface area contributed by atoms with Gasteiger partial charge < -0.3 is 5.32 Å². The lowest BCUT2D eigenvalue weighted by atomic mass is 10.6. The Kier molecular flexibility index (Phi) is 6.04. The van der Waals surface area contributed by atoms with Crippen LogP contribution in [-0.4, -0.2) is 34.7 Å². The van der Waals surface area contributed by atoms with Crippen molar-refractivity contribution in [2.24, 2.45) is 0 Å². The van der Waals surface area contributed by atoms with Gasteiger partial charge in [0.25, 0.3) is 0 Å². The highest BCUT2D eigenvalue weighted by atomic mass is 32.2. The first kappa shape index (κ1) is 12.8. The molecule has 1 rings (SSSR count). The van der Waals surface area contributed by atoms with Gasteiger partial charge in [-0.1, -0.05) is 41.8 Å². The molecule has 1 N–H and O–H groups in total. The average Bonchev–Trinajstić information content (AvgIpc) is 2.71. The number of rotatable bonds is 6. The lowest BCUT2D eigenvalue weighted by molar-refractivity contribution is -0.118. The predicted molar refractivity (Wildman–Crippen MR) is 65.7 cm³/mol. The predicted octanol–water partition coefficient (Wildman–Crippen LogP) is 1.88. The van der Waals surface area contributed by atoms with E-state index >= 15 is 0 Å². The Labute approximate surface area is 102 Å².